The predicted octanol–water partition coefficient (Wildman–Crippen LogP) is 0.867. The lowest BCUT2D eigenvalue weighted by molar-refractivity contribution is 0.414. The Labute approximate surface area is 114 Å². The minimum atomic E-state index is -3.22. The maximum Gasteiger partial charge on any atom is 0.214 e. The third kappa shape index (κ3) is 3.92. The van der Waals surface area contributed by atoms with E-state index in [4.69, 9.17) is 4.74 Å². The molecule has 5 nitrogen and oxygen atoms in total. The van der Waals surface area contributed by atoms with Crippen LogP contribution in [0.25, 0.3) is 0 Å². The Hall–Kier alpha value is -1.11. The molecule has 0 atom stereocenters. The fourth-order valence-corrected chi connectivity index (χ4v) is 3.61. The molecule has 1 aliphatic heterocycles. The summed E-state index contributed by atoms with van der Waals surface area (Å²) >= 11 is 0. The van der Waals surface area contributed by atoms with Crippen LogP contribution < -0.4 is 14.8 Å². The number of methoxy groups -OCH3 is 1. The number of hydrogen-bond acceptors (Lipinski definition) is 4. The molecule has 0 spiro atoms. The molecule has 0 unspecified atom stereocenters. The molecular weight excluding hydrogens is 264 g/mol. The van der Waals surface area contributed by atoms with Gasteiger partial charge in [-0.15, -0.1) is 0 Å². The van der Waals surface area contributed by atoms with E-state index in [2.05, 4.69) is 10.0 Å². The van der Waals surface area contributed by atoms with Gasteiger partial charge in [0.05, 0.1) is 12.4 Å². The van der Waals surface area contributed by atoms with Gasteiger partial charge in [0.15, 0.2) is 0 Å². The molecule has 1 aromatic rings. The van der Waals surface area contributed by atoms with Crippen molar-refractivity contribution in [3.63, 3.8) is 0 Å². The van der Waals surface area contributed by atoms with Crippen molar-refractivity contribution in [1.82, 2.24) is 10.0 Å². The van der Waals surface area contributed by atoms with Crippen LogP contribution in [-0.2, 0) is 16.6 Å². The van der Waals surface area contributed by atoms with Gasteiger partial charge in [0.1, 0.15) is 5.75 Å². The van der Waals surface area contributed by atoms with Crippen LogP contribution >= 0.6 is 0 Å². The highest BCUT2D eigenvalue weighted by Crippen LogP contribution is 2.14. The van der Waals surface area contributed by atoms with Crippen molar-refractivity contribution in [2.75, 3.05) is 20.2 Å². The van der Waals surface area contributed by atoms with Gasteiger partial charge in [-0.1, -0.05) is 12.1 Å². The predicted molar refractivity (Wildman–Crippen MR) is 74.6 cm³/mol. The topological polar surface area (TPSA) is 67.4 Å². The molecule has 1 heterocycles. The van der Waals surface area contributed by atoms with Crippen molar-refractivity contribution in [1.29, 1.82) is 0 Å². The summed E-state index contributed by atoms with van der Waals surface area (Å²) in [5.41, 5.74) is 0.929. The van der Waals surface area contributed by atoms with Crippen LogP contribution in [0.5, 0.6) is 5.75 Å². The smallest absolute Gasteiger partial charge is 0.214 e. The second-order valence-electron chi connectivity index (χ2n) is 4.66. The third-order valence-corrected chi connectivity index (χ3v) is 5.26. The number of ether oxygens (including phenoxy) is 1. The second kappa shape index (κ2) is 6.36. The molecular formula is C13H20N2O3S. The summed E-state index contributed by atoms with van der Waals surface area (Å²) in [7, 11) is -1.61. The van der Waals surface area contributed by atoms with E-state index in [0.717, 1.165) is 24.4 Å². The molecule has 19 heavy (non-hydrogen) atoms. The van der Waals surface area contributed by atoms with E-state index >= 15 is 0 Å². The molecule has 6 heteroatoms. The molecule has 0 saturated carbocycles. The first-order valence-corrected chi connectivity index (χ1v) is 7.98. The Morgan fingerprint density at radius 1 is 1.26 bits per heavy atom. The molecule has 0 amide bonds. The van der Waals surface area contributed by atoms with Crippen molar-refractivity contribution in [2.45, 2.75) is 24.6 Å². The van der Waals surface area contributed by atoms with Gasteiger partial charge in [-0.3, -0.25) is 0 Å². The standard InChI is InChI=1S/C13H20N2O3S/c1-18-12-4-2-11(3-5-12)10-15-19(16,17)13-6-8-14-9-7-13/h2-5,13-15H,6-10H2,1H3. The van der Waals surface area contributed by atoms with Crippen LogP contribution in [0.2, 0.25) is 0 Å². The molecule has 2 rings (SSSR count). The Morgan fingerprint density at radius 2 is 1.89 bits per heavy atom. The normalized spacial score (nSPS) is 17.3. The quantitative estimate of drug-likeness (QED) is 0.842. The maximum absolute atomic E-state index is 12.1. The zero-order valence-electron chi connectivity index (χ0n) is 11.1. The van der Waals surface area contributed by atoms with Crippen molar-refractivity contribution >= 4 is 10.0 Å². The molecule has 1 saturated heterocycles. The largest absolute Gasteiger partial charge is 0.497 e. The lowest BCUT2D eigenvalue weighted by atomic mass is 10.2. The minimum absolute atomic E-state index is 0.271. The maximum atomic E-state index is 12.1. The molecule has 2 N–H and O–H groups in total. The summed E-state index contributed by atoms with van der Waals surface area (Å²) < 4.78 is 32.0. The minimum Gasteiger partial charge on any atom is -0.497 e. The number of hydrogen-bond donors (Lipinski definition) is 2. The summed E-state index contributed by atoms with van der Waals surface area (Å²) in [4.78, 5) is 0. The van der Waals surface area contributed by atoms with E-state index in [9.17, 15) is 8.42 Å². The van der Waals surface area contributed by atoms with Gasteiger partial charge in [0.2, 0.25) is 10.0 Å². The average molecular weight is 284 g/mol. The van der Waals surface area contributed by atoms with Crippen LogP contribution in [0.3, 0.4) is 0 Å². The van der Waals surface area contributed by atoms with Crippen LogP contribution in [0.15, 0.2) is 24.3 Å². The SMILES string of the molecule is COc1ccc(CNS(=O)(=O)C2CCNCC2)cc1. The van der Waals surface area contributed by atoms with Crippen molar-refractivity contribution in [2.24, 2.45) is 0 Å². The number of sulfonamides is 1. The van der Waals surface area contributed by atoms with Crippen LogP contribution in [0, 0.1) is 0 Å². The molecule has 0 bridgehead atoms. The van der Waals surface area contributed by atoms with Gasteiger partial charge in [0.25, 0.3) is 0 Å². The Balaban J connectivity index is 1.92. The molecule has 0 aromatic heterocycles. The highest BCUT2D eigenvalue weighted by Gasteiger charge is 2.26. The summed E-state index contributed by atoms with van der Waals surface area (Å²) in [5.74, 6) is 0.768. The van der Waals surface area contributed by atoms with E-state index in [1.54, 1.807) is 7.11 Å². The molecule has 106 valence electrons. The molecule has 1 fully saturated rings. The van der Waals surface area contributed by atoms with Crippen molar-refractivity contribution in [3.05, 3.63) is 29.8 Å². The number of nitrogens with one attached hydrogen (secondary N) is 2. The van der Waals surface area contributed by atoms with E-state index in [0.29, 0.717) is 19.4 Å². The van der Waals surface area contributed by atoms with Gasteiger partial charge in [-0.2, -0.15) is 0 Å². The zero-order chi connectivity index (χ0) is 13.7. The highest BCUT2D eigenvalue weighted by molar-refractivity contribution is 7.90. The number of rotatable bonds is 5. The van der Waals surface area contributed by atoms with Gasteiger partial charge in [-0.25, -0.2) is 13.1 Å². The fourth-order valence-electron chi connectivity index (χ4n) is 2.15. The van der Waals surface area contributed by atoms with Crippen LogP contribution in [0.1, 0.15) is 18.4 Å². The van der Waals surface area contributed by atoms with Gasteiger partial charge >= 0.3 is 0 Å². The second-order valence-corrected chi connectivity index (χ2v) is 6.71. The first-order valence-electron chi connectivity index (χ1n) is 6.44. The zero-order valence-corrected chi connectivity index (χ0v) is 11.9. The first-order chi connectivity index (χ1) is 9.12. The van der Waals surface area contributed by atoms with E-state index < -0.39 is 10.0 Å². The molecule has 1 aromatic carbocycles. The van der Waals surface area contributed by atoms with E-state index in [1.807, 2.05) is 24.3 Å². The van der Waals surface area contributed by atoms with Crippen LogP contribution in [-0.4, -0.2) is 33.9 Å². The van der Waals surface area contributed by atoms with Gasteiger partial charge in [-0.05, 0) is 43.6 Å². The molecule has 0 aliphatic carbocycles. The Kier molecular flexibility index (Phi) is 4.79. The highest BCUT2D eigenvalue weighted by atomic mass is 32.2. The van der Waals surface area contributed by atoms with Gasteiger partial charge < -0.3 is 10.1 Å². The van der Waals surface area contributed by atoms with Crippen molar-refractivity contribution in [3.8, 4) is 5.75 Å². The van der Waals surface area contributed by atoms with Gasteiger partial charge in [0, 0.05) is 6.54 Å². The lowest BCUT2D eigenvalue weighted by Crippen LogP contribution is -2.41. The fraction of sp³-hybridized carbons (Fsp3) is 0.538. The first kappa shape index (κ1) is 14.3. The lowest BCUT2D eigenvalue weighted by Gasteiger charge is -2.22. The third-order valence-electron chi connectivity index (χ3n) is 3.36. The molecule has 1 aliphatic rings. The summed E-state index contributed by atoms with van der Waals surface area (Å²) in [6.07, 6.45) is 1.36. The molecule has 0 radical (unpaired) electrons. The monoisotopic (exact) mass is 284 g/mol. The van der Waals surface area contributed by atoms with E-state index in [-0.39, 0.29) is 5.25 Å². The summed E-state index contributed by atoms with van der Waals surface area (Å²) in [6.45, 7) is 1.87. The summed E-state index contributed by atoms with van der Waals surface area (Å²) in [6, 6.07) is 7.38. The Bertz CT molecular complexity index is 493. The van der Waals surface area contributed by atoms with E-state index in [1.165, 1.54) is 0 Å². The number of piperidine rings is 1. The summed E-state index contributed by atoms with van der Waals surface area (Å²) in [5, 5.41) is 2.90. The van der Waals surface area contributed by atoms with Crippen molar-refractivity contribution < 1.29 is 13.2 Å². The van der Waals surface area contributed by atoms with Crippen LogP contribution in [0.4, 0.5) is 0 Å². The number of benzene rings is 1. The Morgan fingerprint density at radius 3 is 2.47 bits per heavy atom. The average Bonchev–Trinajstić information content (AvgIpc) is 2.47.